The third kappa shape index (κ3) is 3.11. The fourth-order valence-corrected chi connectivity index (χ4v) is 1.82. The molecule has 1 heterocycles. The smallest absolute Gasteiger partial charge is 0.381 e. The SMILES string of the molecule is C[C@H]1C=C(OS(=O)(=O)C(F)(F)F)C[C@H](C)O1. The van der Waals surface area contributed by atoms with Gasteiger partial charge in [0.05, 0.1) is 12.2 Å². The van der Waals surface area contributed by atoms with Crippen molar-refractivity contribution in [3.63, 3.8) is 0 Å². The van der Waals surface area contributed by atoms with E-state index in [9.17, 15) is 21.6 Å². The lowest BCUT2D eigenvalue weighted by atomic mass is 10.1. The van der Waals surface area contributed by atoms with E-state index in [1.807, 2.05) is 0 Å². The average Bonchev–Trinajstić information content (AvgIpc) is 1.97. The maximum Gasteiger partial charge on any atom is 0.534 e. The van der Waals surface area contributed by atoms with Crippen LogP contribution in [0.4, 0.5) is 13.2 Å². The molecule has 1 aliphatic rings. The maximum atomic E-state index is 12.0. The van der Waals surface area contributed by atoms with Gasteiger partial charge in [-0.25, -0.2) is 0 Å². The van der Waals surface area contributed by atoms with Crippen LogP contribution in [-0.4, -0.2) is 26.1 Å². The molecule has 0 aromatic heterocycles. The summed E-state index contributed by atoms with van der Waals surface area (Å²) < 4.78 is 66.6. The Morgan fingerprint density at radius 1 is 1.44 bits per heavy atom. The molecule has 4 nitrogen and oxygen atoms in total. The Hall–Kier alpha value is -0.760. The number of ether oxygens (including phenoxy) is 1. The lowest BCUT2D eigenvalue weighted by Gasteiger charge is -2.24. The first-order chi connectivity index (χ1) is 7.12. The predicted molar refractivity (Wildman–Crippen MR) is 48.8 cm³/mol. The van der Waals surface area contributed by atoms with Crippen molar-refractivity contribution in [3.05, 3.63) is 11.8 Å². The van der Waals surface area contributed by atoms with E-state index in [1.165, 1.54) is 6.08 Å². The molecule has 0 saturated carbocycles. The fourth-order valence-electron chi connectivity index (χ4n) is 1.32. The van der Waals surface area contributed by atoms with Crippen LogP contribution in [-0.2, 0) is 19.0 Å². The first-order valence-corrected chi connectivity index (χ1v) is 5.89. The Labute approximate surface area is 91.2 Å². The van der Waals surface area contributed by atoms with Gasteiger partial charge in [0.15, 0.2) is 0 Å². The van der Waals surface area contributed by atoms with Gasteiger partial charge in [0.2, 0.25) is 0 Å². The Balaban J connectivity index is 2.83. The van der Waals surface area contributed by atoms with Crippen LogP contribution in [0.1, 0.15) is 20.3 Å². The highest BCUT2D eigenvalue weighted by Gasteiger charge is 2.49. The molecule has 0 aromatic carbocycles. The molecule has 2 atom stereocenters. The molecule has 16 heavy (non-hydrogen) atoms. The van der Waals surface area contributed by atoms with Gasteiger partial charge in [-0.1, -0.05) is 0 Å². The van der Waals surface area contributed by atoms with Gasteiger partial charge < -0.3 is 8.92 Å². The fraction of sp³-hybridized carbons (Fsp3) is 0.750. The number of rotatable bonds is 2. The summed E-state index contributed by atoms with van der Waals surface area (Å²) in [5.74, 6) is -0.233. The number of hydrogen-bond donors (Lipinski definition) is 0. The second-order valence-corrected chi connectivity index (χ2v) is 5.01. The van der Waals surface area contributed by atoms with Gasteiger partial charge in [0, 0.05) is 6.42 Å². The molecule has 0 aliphatic carbocycles. The van der Waals surface area contributed by atoms with E-state index in [-0.39, 0.29) is 18.3 Å². The van der Waals surface area contributed by atoms with Crippen LogP contribution in [0.5, 0.6) is 0 Å². The van der Waals surface area contributed by atoms with E-state index in [0.29, 0.717) is 0 Å². The molecule has 0 fully saturated rings. The van der Waals surface area contributed by atoms with Crippen LogP contribution >= 0.6 is 0 Å². The standard InChI is InChI=1S/C8H11F3O4S/c1-5-3-7(4-6(2)14-5)15-16(12,13)8(9,10)11/h3,5-6H,4H2,1-2H3/t5-,6-/m0/s1. The van der Waals surface area contributed by atoms with Crippen molar-refractivity contribution >= 4 is 10.1 Å². The molecule has 0 bridgehead atoms. The predicted octanol–water partition coefficient (Wildman–Crippen LogP) is 1.93. The van der Waals surface area contributed by atoms with Crippen LogP contribution < -0.4 is 0 Å². The molecule has 1 aliphatic heterocycles. The van der Waals surface area contributed by atoms with Crippen molar-refractivity contribution in [2.75, 3.05) is 0 Å². The summed E-state index contributed by atoms with van der Waals surface area (Å²) >= 11 is 0. The Morgan fingerprint density at radius 3 is 2.44 bits per heavy atom. The quantitative estimate of drug-likeness (QED) is 0.562. The molecular weight excluding hydrogens is 249 g/mol. The molecule has 0 aromatic rings. The summed E-state index contributed by atoms with van der Waals surface area (Å²) in [6.07, 6.45) is 0.365. The van der Waals surface area contributed by atoms with Gasteiger partial charge in [-0.15, -0.1) is 0 Å². The van der Waals surface area contributed by atoms with Crippen molar-refractivity contribution in [2.45, 2.75) is 38.0 Å². The van der Waals surface area contributed by atoms with Crippen LogP contribution in [0.2, 0.25) is 0 Å². The Bertz CT molecular complexity index is 385. The molecule has 1 rings (SSSR count). The third-order valence-corrected chi connectivity index (χ3v) is 2.86. The molecule has 0 radical (unpaired) electrons. The minimum atomic E-state index is -5.57. The summed E-state index contributed by atoms with van der Waals surface area (Å²) in [5, 5.41) is 0. The summed E-state index contributed by atoms with van der Waals surface area (Å²) in [6, 6.07) is 0. The number of alkyl halides is 3. The number of halogens is 3. The highest BCUT2D eigenvalue weighted by Crippen LogP contribution is 2.29. The molecule has 0 unspecified atom stereocenters. The minimum Gasteiger partial charge on any atom is -0.381 e. The van der Waals surface area contributed by atoms with Crippen LogP contribution in [0.3, 0.4) is 0 Å². The minimum absolute atomic E-state index is 0.000347. The number of hydrogen-bond acceptors (Lipinski definition) is 4. The van der Waals surface area contributed by atoms with Crippen molar-refractivity contribution in [1.82, 2.24) is 0 Å². The normalized spacial score (nSPS) is 27.4. The van der Waals surface area contributed by atoms with Gasteiger partial charge in [0.25, 0.3) is 0 Å². The lowest BCUT2D eigenvalue weighted by molar-refractivity contribution is -0.0538. The van der Waals surface area contributed by atoms with E-state index in [0.717, 1.165) is 0 Å². The molecule has 0 amide bonds. The van der Waals surface area contributed by atoms with Crippen LogP contribution in [0.15, 0.2) is 11.8 Å². The van der Waals surface area contributed by atoms with Crippen molar-refractivity contribution in [1.29, 1.82) is 0 Å². The maximum absolute atomic E-state index is 12.0. The second kappa shape index (κ2) is 4.25. The van der Waals surface area contributed by atoms with Crippen LogP contribution in [0, 0.1) is 0 Å². The zero-order valence-corrected chi connectivity index (χ0v) is 9.43. The molecule has 8 heteroatoms. The highest BCUT2D eigenvalue weighted by molar-refractivity contribution is 7.87. The first kappa shape index (κ1) is 13.3. The van der Waals surface area contributed by atoms with Gasteiger partial charge in [-0.2, -0.15) is 21.6 Å². The summed E-state index contributed by atoms with van der Waals surface area (Å²) in [6.45, 7) is 3.20. The Kier molecular flexibility index (Phi) is 3.53. The van der Waals surface area contributed by atoms with E-state index >= 15 is 0 Å². The van der Waals surface area contributed by atoms with Gasteiger partial charge in [-0.3, -0.25) is 0 Å². The van der Waals surface area contributed by atoms with Crippen molar-refractivity contribution in [2.24, 2.45) is 0 Å². The van der Waals surface area contributed by atoms with Gasteiger partial charge in [0.1, 0.15) is 5.76 Å². The summed E-state index contributed by atoms with van der Waals surface area (Å²) in [4.78, 5) is 0. The van der Waals surface area contributed by atoms with Gasteiger partial charge >= 0.3 is 15.6 Å². The molecular formula is C8H11F3O4S. The van der Waals surface area contributed by atoms with Gasteiger partial charge in [-0.05, 0) is 19.9 Å². The molecule has 0 N–H and O–H groups in total. The zero-order valence-electron chi connectivity index (χ0n) is 8.61. The molecule has 0 spiro atoms. The first-order valence-electron chi connectivity index (χ1n) is 4.49. The molecule has 94 valence electrons. The monoisotopic (exact) mass is 260 g/mol. The highest BCUT2D eigenvalue weighted by atomic mass is 32.2. The Morgan fingerprint density at radius 2 is 2.00 bits per heavy atom. The van der Waals surface area contributed by atoms with Crippen molar-refractivity contribution in [3.8, 4) is 0 Å². The topological polar surface area (TPSA) is 52.6 Å². The van der Waals surface area contributed by atoms with E-state index in [4.69, 9.17) is 4.74 Å². The lowest BCUT2D eigenvalue weighted by Crippen LogP contribution is -2.29. The second-order valence-electron chi connectivity index (χ2n) is 3.47. The third-order valence-electron chi connectivity index (χ3n) is 1.86. The summed E-state index contributed by atoms with van der Waals surface area (Å²) in [7, 11) is -5.57. The average molecular weight is 260 g/mol. The summed E-state index contributed by atoms with van der Waals surface area (Å²) in [5.41, 5.74) is -5.40. The van der Waals surface area contributed by atoms with E-state index in [2.05, 4.69) is 4.18 Å². The zero-order chi connectivity index (χ0) is 12.6. The molecule has 0 saturated heterocycles. The van der Waals surface area contributed by atoms with E-state index in [1.54, 1.807) is 13.8 Å². The van der Waals surface area contributed by atoms with Crippen molar-refractivity contribution < 1.29 is 30.5 Å². The largest absolute Gasteiger partial charge is 0.534 e. The van der Waals surface area contributed by atoms with E-state index < -0.39 is 21.7 Å². The van der Waals surface area contributed by atoms with Crippen LogP contribution in [0.25, 0.3) is 0 Å².